The van der Waals surface area contributed by atoms with Crippen LogP contribution in [0.25, 0.3) is 0 Å². The van der Waals surface area contributed by atoms with Crippen LogP contribution in [-0.4, -0.2) is 20.9 Å². The zero-order chi connectivity index (χ0) is 12.1. The van der Waals surface area contributed by atoms with Crippen molar-refractivity contribution >= 4 is 17.4 Å². The van der Waals surface area contributed by atoms with E-state index in [-0.39, 0.29) is 5.91 Å². The van der Waals surface area contributed by atoms with Crippen molar-refractivity contribution in [1.29, 1.82) is 0 Å². The van der Waals surface area contributed by atoms with Gasteiger partial charge in [0.1, 0.15) is 12.1 Å². The van der Waals surface area contributed by atoms with Crippen molar-refractivity contribution in [1.82, 2.24) is 15.0 Å². The minimum Gasteiger partial charge on any atom is -0.319 e. The lowest BCUT2D eigenvalue weighted by Crippen LogP contribution is -2.14. The minimum atomic E-state index is -0.279. The van der Waals surface area contributed by atoms with Gasteiger partial charge in [-0.25, -0.2) is 20.8 Å². The van der Waals surface area contributed by atoms with Crippen molar-refractivity contribution in [2.75, 3.05) is 10.7 Å². The van der Waals surface area contributed by atoms with E-state index in [9.17, 15) is 4.79 Å². The van der Waals surface area contributed by atoms with E-state index in [0.29, 0.717) is 17.1 Å². The minimum absolute atomic E-state index is 0.279. The molecule has 0 aromatic carbocycles. The van der Waals surface area contributed by atoms with Crippen molar-refractivity contribution in [3.05, 3.63) is 42.6 Å². The average molecular weight is 230 g/mol. The smallest absolute Gasteiger partial charge is 0.255 e. The van der Waals surface area contributed by atoms with Gasteiger partial charge in [0.05, 0.1) is 18.1 Å². The second-order valence-corrected chi connectivity index (χ2v) is 3.16. The highest BCUT2D eigenvalue weighted by Gasteiger charge is 2.07. The summed E-state index contributed by atoms with van der Waals surface area (Å²) in [5.41, 5.74) is 3.34. The zero-order valence-corrected chi connectivity index (χ0v) is 8.79. The predicted molar refractivity (Wildman–Crippen MR) is 62.0 cm³/mol. The molecule has 0 atom stereocenters. The van der Waals surface area contributed by atoms with Gasteiger partial charge in [0.2, 0.25) is 0 Å². The molecular weight excluding hydrogens is 220 g/mol. The number of amides is 1. The maximum absolute atomic E-state index is 11.8. The molecule has 0 spiro atoms. The molecule has 0 saturated heterocycles. The molecule has 0 fully saturated rings. The number of anilines is 2. The Morgan fingerprint density at radius 1 is 1.29 bits per heavy atom. The molecule has 17 heavy (non-hydrogen) atoms. The standard InChI is InChI=1S/C10H10N6O/c11-16-9-3-7(1-2-14-9)10(17)15-8-4-12-6-13-5-8/h1-6H,11H2,(H,14,16)(H,15,17). The summed E-state index contributed by atoms with van der Waals surface area (Å²) in [4.78, 5) is 23.3. The molecule has 1 amide bonds. The summed E-state index contributed by atoms with van der Waals surface area (Å²) in [7, 11) is 0. The number of hydrogen-bond acceptors (Lipinski definition) is 6. The molecule has 0 aliphatic carbocycles. The van der Waals surface area contributed by atoms with Gasteiger partial charge >= 0.3 is 0 Å². The van der Waals surface area contributed by atoms with Gasteiger partial charge in [0.15, 0.2) is 0 Å². The maximum Gasteiger partial charge on any atom is 0.255 e. The quantitative estimate of drug-likeness (QED) is 0.521. The van der Waals surface area contributed by atoms with E-state index in [0.717, 1.165) is 0 Å². The van der Waals surface area contributed by atoms with Crippen molar-refractivity contribution in [3.8, 4) is 0 Å². The van der Waals surface area contributed by atoms with E-state index in [1.54, 1.807) is 12.1 Å². The van der Waals surface area contributed by atoms with E-state index < -0.39 is 0 Å². The predicted octanol–water partition coefficient (Wildman–Crippen LogP) is 0.409. The van der Waals surface area contributed by atoms with Gasteiger partial charge in [-0.05, 0) is 12.1 Å². The second kappa shape index (κ2) is 4.99. The van der Waals surface area contributed by atoms with Gasteiger partial charge < -0.3 is 10.7 Å². The molecule has 0 bridgehead atoms. The van der Waals surface area contributed by atoms with Crippen molar-refractivity contribution in [3.63, 3.8) is 0 Å². The fourth-order valence-corrected chi connectivity index (χ4v) is 1.22. The summed E-state index contributed by atoms with van der Waals surface area (Å²) in [5, 5.41) is 2.65. The Morgan fingerprint density at radius 2 is 2.06 bits per heavy atom. The highest BCUT2D eigenvalue weighted by molar-refractivity contribution is 6.04. The van der Waals surface area contributed by atoms with Crippen LogP contribution in [0, 0.1) is 0 Å². The monoisotopic (exact) mass is 230 g/mol. The van der Waals surface area contributed by atoms with Gasteiger partial charge in [0, 0.05) is 11.8 Å². The van der Waals surface area contributed by atoms with Crippen molar-refractivity contribution < 1.29 is 4.79 Å². The number of nitrogens with two attached hydrogens (primary N) is 1. The van der Waals surface area contributed by atoms with E-state index in [4.69, 9.17) is 5.84 Å². The third kappa shape index (κ3) is 2.73. The number of hydrazine groups is 1. The van der Waals surface area contributed by atoms with Gasteiger partial charge in [-0.1, -0.05) is 0 Å². The Bertz CT molecular complexity index is 515. The number of carbonyl (C=O) groups is 1. The first-order valence-electron chi connectivity index (χ1n) is 4.78. The van der Waals surface area contributed by atoms with Crippen LogP contribution >= 0.6 is 0 Å². The summed E-state index contributed by atoms with van der Waals surface area (Å²) >= 11 is 0. The fourth-order valence-electron chi connectivity index (χ4n) is 1.22. The van der Waals surface area contributed by atoms with Crippen LogP contribution in [0.3, 0.4) is 0 Å². The normalized spacial score (nSPS) is 9.71. The summed E-state index contributed by atoms with van der Waals surface area (Å²) in [6.07, 6.45) is 5.90. The van der Waals surface area contributed by atoms with E-state index >= 15 is 0 Å². The Labute approximate surface area is 97.1 Å². The number of carbonyl (C=O) groups excluding carboxylic acids is 1. The number of nitrogen functional groups attached to an aromatic ring is 1. The number of hydrogen-bond donors (Lipinski definition) is 3. The van der Waals surface area contributed by atoms with E-state index in [1.165, 1.54) is 24.9 Å². The van der Waals surface area contributed by atoms with Crippen molar-refractivity contribution in [2.45, 2.75) is 0 Å². The van der Waals surface area contributed by atoms with Crippen LogP contribution < -0.4 is 16.6 Å². The molecule has 2 aromatic rings. The van der Waals surface area contributed by atoms with Crippen LogP contribution in [0.4, 0.5) is 11.5 Å². The number of pyridine rings is 1. The summed E-state index contributed by atoms with van der Waals surface area (Å²) in [5.74, 6) is 5.35. The first-order chi connectivity index (χ1) is 8.29. The lowest BCUT2D eigenvalue weighted by Gasteiger charge is -2.05. The second-order valence-electron chi connectivity index (χ2n) is 3.16. The Morgan fingerprint density at radius 3 is 2.76 bits per heavy atom. The molecule has 0 aliphatic rings. The van der Waals surface area contributed by atoms with E-state index in [2.05, 4.69) is 25.7 Å². The summed E-state index contributed by atoms with van der Waals surface area (Å²) in [6, 6.07) is 3.12. The topological polar surface area (TPSA) is 106 Å². The van der Waals surface area contributed by atoms with Crippen LogP contribution in [0.1, 0.15) is 10.4 Å². The first-order valence-corrected chi connectivity index (χ1v) is 4.78. The fraction of sp³-hybridized carbons (Fsp3) is 0. The molecule has 86 valence electrons. The molecule has 7 heteroatoms. The zero-order valence-electron chi connectivity index (χ0n) is 8.79. The Balaban J connectivity index is 2.14. The highest BCUT2D eigenvalue weighted by Crippen LogP contribution is 2.08. The first kappa shape index (κ1) is 11.0. The van der Waals surface area contributed by atoms with Gasteiger partial charge in [-0.3, -0.25) is 4.79 Å². The average Bonchev–Trinajstić information content (AvgIpc) is 2.40. The number of nitrogens with zero attached hydrogens (tertiary/aromatic N) is 3. The number of rotatable bonds is 3. The van der Waals surface area contributed by atoms with Gasteiger partial charge in [-0.2, -0.15) is 0 Å². The molecular formula is C10H10N6O. The third-order valence-corrected chi connectivity index (χ3v) is 1.99. The van der Waals surface area contributed by atoms with Gasteiger partial charge in [0.25, 0.3) is 5.91 Å². The molecule has 2 rings (SSSR count). The summed E-state index contributed by atoms with van der Waals surface area (Å²) < 4.78 is 0. The lowest BCUT2D eigenvalue weighted by atomic mass is 10.2. The molecule has 2 aromatic heterocycles. The lowest BCUT2D eigenvalue weighted by molar-refractivity contribution is 0.102. The Hall–Kier alpha value is -2.54. The largest absolute Gasteiger partial charge is 0.319 e. The third-order valence-electron chi connectivity index (χ3n) is 1.99. The molecule has 0 radical (unpaired) electrons. The molecule has 4 N–H and O–H groups in total. The molecule has 0 aliphatic heterocycles. The Kier molecular flexibility index (Phi) is 3.22. The molecule has 7 nitrogen and oxygen atoms in total. The molecule has 0 unspecified atom stereocenters. The van der Waals surface area contributed by atoms with Crippen LogP contribution in [-0.2, 0) is 0 Å². The van der Waals surface area contributed by atoms with Gasteiger partial charge in [-0.15, -0.1) is 0 Å². The maximum atomic E-state index is 11.8. The van der Waals surface area contributed by atoms with Crippen LogP contribution in [0.2, 0.25) is 0 Å². The van der Waals surface area contributed by atoms with Crippen LogP contribution in [0.15, 0.2) is 37.1 Å². The molecule has 0 saturated carbocycles. The van der Waals surface area contributed by atoms with Crippen LogP contribution in [0.5, 0.6) is 0 Å². The summed E-state index contributed by atoms with van der Waals surface area (Å²) in [6.45, 7) is 0. The number of nitrogens with one attached hydrogen (secondary N) is 2. The SMILES string of the molecule is NNc1cc(C(=O)Nc2cncnc2)ccn1. The number of aromatic nitrogens is 3. The van der Waals surface area contributed by atoms with E-state index in [1.807, 2.05) is 0 Å². The molecule has 2 heterocycles. The highest BCUT2D eigenvalue weighted by atomic mass is 16.1. The van der Waals surface area contributed by atoms with Crippen molar-refractivity contribution in [2.24, 2.45) is 5.84 Å².